The smallest absolute Gasteiger partial charge is 0.308 e. The van der Waals surface area contributed by atoms with E-state index in [1.165, 1.54) is 13.0 Å². The zero-order valence-electron chi connectivity index (χ0n) is 11.6. The van der Waals surface area contributed by atoms with Crippen LogP contribution in [0, 0.1) is 0 Å². The Morgan fingerprint density at radius 1 is 1.23 bits per heavy atom. The molecule has 5 heteroatoms. The van der Waals surface area contributed by atoms with E-state index < -0.39 is 5.97 Å². The van der Waals surface area contributed by atoms with Gasteiger partial charge in [0.05, 0.1) is 5.56 Å². The lowest BCUT2D eigenvalue weighted by Crippen LogP contribution is -2.01. The Morgan fingerprint density at radius 3 is 2.73 bits per heavy atom. The van der Waals surface area contributed by atoms with Gasteiger partial charge in [-0.2, -0.15) is 0 Å². The minimum absolute atomic E-state index is 0.183. The van der Waals surface area contributed by atoms with Crippen LogP contribution in [0.3, 0.4) is 0 Å². The highest BCUT2D eigenvalue weighted by molar-refractivity contribution is 6.32. The van der Waals surface area contributed by atoms with Crippen molar-refractivity contribution in [3.8, 4) is 11.5 Å². The molecule has 0 amide bonds. The maximum absolute atomic E-state index is 12.3. The Balaban J connectivity index is 1.94. The van der Waals surface area contributed by atoms with Gasteiger partial charge in [-0.1, -0.05) is 29.8 Å². The van der Waals surface area contributed by atoms with Gasteiger partial charge in [-0.25, -0.2) is 0 Å². The number of hydrogen-bond donors (Lipinski definition) is 0. The molecular formula is C17H11ClO4. The molecule has 110 valence electrons. The van der Waals surface area contributed by atoms with Gasteiger partial charge >= 0.3 is 5.97 Å². The summed E-state index contributed by atoms with van der Waals surface area (Å²) >= 11 is 6.08. The Kier molecular flexibility index (Phi) is 3.69. The van der Waals surface area contributed by atoms with Crippen molar-refractivity contribution < 1.29 is 19.1 Å². The van der Waals surface area contributed by atoms with Crippen molar-refractivity contribution >= 4 is 29.4 Å². The predicted molar refractivity (Wildman–Crippen MR) is 82.1 cm³/mol. The van der Waals surface area contributed by atoms with Crippen LogP contribution in [0.2, 0.25) is 5.02 Å². The van der Waals surface area contributed by atoms with Crippen molar-refractivity contribution in [1.82, 2.24) is 0 Å². The zero-order chi connectivity index (χ0) is 15.7. The average molecular weight is 315 g/mol. The molecular weight excluding hydrogens is 304 g/mol. The van der Waals surface area contributed by atoms with Crippen LogP contribution in [0.15, 0.2) is 48.2 Å². The second-order valence-electron chi connectivity index (χ2n) is 4.71. The lowest BCUT2D eigenvalue weighted by molar-refractivity contribution is -0.131. The van der Waals surface area contributed by atoms with E-state index in [0.29, 0.717) is 27.6 Å². The molecule has 0 aromatic heterocycles. The summed E-state index contributed by atoms with van der Waals surface area (Å²) in [5.41, 5.74) is 1.12. The number of allylic oxidation sites excluding steroid dienone is 1. The van der Waals surface area contributed by atoms with Gasteiger partial charge in [0.25, 0.3) is 0 Å². The fourth-order valence-electron chi connectivity index (χ4n) is 2.13. The summed E-state index contributed by atoms with van der Waals surface area (Å²) in [6.45, 7) is 1.31. The second-order valence-corrected chi connectivity index (χ2v) is 5.12. The van der Waals surface area contributed by atoms with Crippen LogP contribution in [-0.2, 0) is 4.79 Å². The Morgan fingerprint density at radius 2 is 2.00 bits per heavy atom. The number of halogens is 1. The maximum atomic E-state index is 12.3. The molecule has 2 aromatic carbocycles. The third kappa shape index (κ3) is 2.73. The number of carbonyl (C=O) groups is 2. The standard InChI is InChI=1S/C17H11ClO4/c1-10(19)21-12-6-7-13-15(9-12)22-16(17(13)20)8-11-4-2-3-5-14(11)18/h2-9H,1H3/b16-8-. The number of Topliss-reactive ketones (excluding diaryl/α,β-unsaturated/α-hetero) is 1. The van der Waals surface area contributed by atoms with E-state index in [9.17, 15) is 9.59 Å². The van der Waals surface area contributed by atoms with Gasteiger partial charge < -0.3 is 9.47 Å². The van der Waals surface area contributed by atoms with Crippen molar-refractivity contribution in [1.29, 1.82) is 0 Å². The molecule has 2 aromatic rings. The van der Waals surface area contributed by atoms with Crippen LogP contribution < -0.4 is 9.47 Å². The van der Waals surface area contributed by atoms with E-state index in [1.807, 2.05) is 12.1 Å². The molecule has 0 N–H and O–H groups in total. The molecule has 4 nitrogen and oxygen atoms in total. The zero-order valence-corrected chi connectivity index (χ0v) is 12.4. The molecule has 0 bridgehead atoms. The number of fused-ring (bicyclic) bond motifs is 1. The lowest BCUT2D eigenvalue weighted by atomic mass is 10.1. The number of hydrogen-bond acceptors (Lipinski definition) is 4. The molecule has 1 aliphatic heterocycles. The van der Waals surface area contributed by atoms with Gasteiger partial charge in [-0.3, -0.25) is 9.59 Å². The minimum Gasteiger partial charge on any atom is -0.452 e. The fourth-order valence-corrected chi connectivity index (χ4v) is 2.32. The number of ether oxygens (including phenoxy) is 2. The van der Waals surface area contributed by atoms with E-state index in [-0.39, 0.29) is 11.5 Å². The number of ketones is 1. The van der Waals surface area contributed by atoms with Crippen molar-refractivity contribution in [2.75, 3.05) is 0 Å². The third-order valence-electron chi connectivity index (χ3n) is 3.09. The molecule has 0 aliphatic carbocycles. The van der Waals surface area contributed by atoms with Crippen LogP contribution in [-0.4, -0.2) is 11.8 Å². The van der Waals surface area contributed by atoms with Crippen molar-refractivity contribution in [3.63, 3.8) is 0 Å². The largest absolute Gasteiger partial charge is 0.452 e. The Hall–Kier alpha value is -2.59. The number of rotatable bonds is 2. The molecule has 0 saturated heterocycles. The molecule has 1 aliphatic rings. The first-order valence-corrected chi connectivity index (χ1v) is 6.93. The summed E-state index contributed by atoms with van der Waals surface area (Å²) in [7, 11) is 0. The van der Waals surface area contributed by atoms with Crippen LogP contribution in [0.25, 0.3) is 6.08 Å². The lowest BCUT2D eigenvalue weighted by Gasteiger charge is -2.03. The quantitative estimate of drug-likeness (QED) is 0.479. The van der Waals surface area contributed by atoms with E-state index in [1.54, 1.807) is 30.3 Å². The van der Waals surface area contributed by atoms with E-state index >= 15 is 0 Å². The van der Waals surface area contributed by atoms with Gasteiger partial charge in [-0.15, -0.1) is 0 Å². The summed E-state index contributed by atoms with van der Waals surface area (Å²) in [6, 6.07) is 11.8. The van der Waals surface area contributed by atoms with Crippen LogP contribution in [0.5, 0.6) is 11.5 Å². The van der Waals surface area contributed by atoms with Gasteiger partial charge in [0, 0.05) is 18.0 Å². The monoisotopic (exact) mass is 314 g/mol. The SMILES string of the molecule is CC(=O)Oc1ccc2c(c1)O/C(=C\c1ccccc1Cl)C2=O. The molecule has 3 rings (SSSR count). The normalized spacial score (nSPS) is 14.6. The molecule has 1 heterocycles. The highest BCUT2D eigenvalue weighted by atomic mass is 35.5. The first-order valence-electron chi connectivity index (χ1n) is 6.56. The summed E-state index contributed by atoms with van der Waals surface area (Å²) in [4.78, 5) is 23.3. The number of esters is 1. The van der Waals surface area contributed by atoms with E-state index in [4.69, 9.17) is 21.1 Å². The average Bonchev–Trinajstić information content (AvgIpc) is 2.77. The Labute approximate surface area is 131 Å². The predicted octanol–water partition coefficient (Wildman–Crippen LogP) is 3.88. The molecule has 0 fully saturated rings. The number of carbonyl (C=O) groups excluding carboxylic acids is 2. The first-order chi connectivity index (χ1) is 10.5. The third-order valence-corrected chi connectivity index (χ3v) is 3.44. The minimum atomic E-state index is -0.434. The van der Waals surface area contributed by atoms with Crippen molar-refractivity contribution in [3.05, 3.63) is 64.4 Å². The van der Waals surface area contributed by atoms with Gasteiger partial charge in [0.15, 0.2) is 5.76 Å². The molecule has 0 unspecified atom stereocenters. The molecule has 22 heavy (non-hydrogen) atoms. The molecule has 0 saturated carbocycles. The van der Waals surface area contributed by atoms with Gasteiger partial charge in [0.2, 0.25) is 5.78 Å². The molecule has 0 spiro atoms. The van der Waals surface area contributed by atoms with Gasteiger partial charge in [-0.05, 0) is 29.8 Å². The number of benzene rings is 2. The van der Waals surface area contributed by atoms with Crippen LogP contribution in [0.1, 0.15) is 22.8 Å². The highest BCUT2D eigenvalue weighted by Crippen LogP contribution is 2.35. The maximum Gasteiger partial charge on any atom is 0.308 e. The van der Waals surface area contributed by atoms with E-state index in [2.05, 4.69) is 0 Å². The first kappa shape index (κ1) is 14.4. The van der Waals surface area contributed by atoms with Crippen molar-refractivity contribution in [2.24, 2.45) is 0 Å². The van der Waals surface area contributed by atoms with Gasteiger partial charge in [0.1, 0.15) is 11.5 Å². The van der Waals surface area contributed by atoms with Crippen molar-refractivity contribution in [2.45, 2.75) is 6.92 Å². The topological polar surface area (TPSA) is 52.6 Å². The fraction of sp³-hybridized carbons (Fsp3) is 0.0588. The second kappa shape index (κ2) is 5.66. The Bertz CT molecular complexity index is 808. The summed E-state index contributed by atoms with van der Waals surface area (Å²) in [5, 5.41) is 0.531. The van der Waals surface area contributed by atoms with E-state index in [0.717, 1.165) is 0 Å². The van der Waals surface area contributed by atoms with Crippen LogP contribution in [0.4, 0.5) is 0 Å². The highest BCUT2D eigenvalue weighted by Gasteiger charge is 2.28. The summed E-state index contributed by atoms with van der Waals surface area (Å²) in [6.07, 6.45) is 1.59. The molecule has 0 atom stereocenters. The van der Waals surface area contributed by atoms with Crippen LogP contribution >= 0.6 is 11.6 Å². The summed E-state index contributed by atoms with van der Waals surface area (Å²) < 4.78 is 10.5. The molecule has 0 radical (unpaired) electrons. The summed E-state index contributed by atoms with van der Waals surface area (Å²) in [5.74, 6) is 0.212.